The number of amides is 1. The molecule has 2 N–H and O–H groups in total. The Labute approximate surface area is 86.3 Å². The predicted molar refractivity (Wildman–Crippen MR) is 59.8 cm³/mol. The molecule has 1 aromatic heterocycles. The fourth-order valence-electron chi connectivity index (χ4n) is 1.51. The minimum atomic E-state index is -0.343. The van der Waals surface area contributed by atoms with Crippen LogP contribution in [0.25, 0.3) is 10.1 Å². The van der Waals surface area contributed by atoms with Crippen molar-refractivity contribution in [1.29, 1.82) is 0 Å². The number of hydrogen-bond donors (Lipinski definition) is 1. The molecule has 0 aliphatic rings. The first kappa shape index (κ1) is 9.21. The van der Waals surface area contributed by atoms with Crippen molar-refractivity contribution in [3.05, 3.63) is 34.2 Å². The first-order valence-electron chi connectivity index (χ1n) is 4.39. The zero-order valence-electron chi connectivity index (χ0n) is 8.13. The van der Waals surface area contributed by atoms with Crippen LogP contribution in [0.15, 0.2) is 18.2 Å². The zero-order chi connectivity index (χ0) is 10.3. The third kappa shape index (κ3) is 1.30. The average molecular weight is 205 g/mol. The van der Waals surface area contributed by atoms with E-state index in [-0.39, 0.29) is 5.91 Å². The van der Waals surface area contributed by atoms with E-state index in [4.69, 9.17) is 5.73 Å². The molecule has 72 valence electrons. The number of carbonyl (C=O) groups excluding carboxylic acids is 1. The van der Waals surface area contributed by atoms with Crippen molar-refractivity contribution in [2.75, 3.05) is 0 Å². The molecule has 0 saturated heterocycles. The molecule has 1 amide bonds. The Hall–Kier alpha value is -1.35. The van der Waals surface area contributed by atoms with Gasteiger partial charge in [-0.15, -0.1) is 11.3 Å². The lowest BCUT2D eigenvalue weighted by molar-refractivity contribution is 0.100. The smallest absolute Gasteiger partial charge is 0.258 e. The van der Waals surface area contributed by atoms with Crippen LogP contribution in [0.4, 0.5) is 0 Å². The lowest BCUT2D eigenvalue weighted by Gasteiger charge is -1.97. The molecule has 2 nitrogen and oxygen atoms in total. The lowest BCUT2D eigenvalue weighted by Crippen LogP contribution is -2.08. The molecule has 0 fully saturated rings. The van der Waals surface area contributed by atoms with Crippen LogP contribution in [-0.2, 0) is 0 Å². The summed E-state index contributed by atoms with van der Waals surface area (Å²) in [6.07, 6.45) is 0. The Balaban J connectivity index is 2.82. The molecule has 0 aliphatic heterocycles. The number of benzene rings is 1. The Morgan fingerprint density at radius 3 is 2.50 bits per heavy atom. The number of fused-ring (bicyclic) bond motifs is 1. The summed E-state index contributed by atoms with van der Waals surface area (Å²) >= 11 is 1.47. The summed E-state index contributed by atoms with van der Waals surface area (Å²) in [5.41, 5.74) is 7.64. The second kappa shape index (κ2) is 3.10. The summed E-state index contributed by atoms with van der Waals surface area (Å²) in [4.78, 5) is 11.7. The van der Waals surface area contributed by atoms with Gasteiger partial charge in [0.2, 0.25) is 0 Å². The van der Waals surface area contributed by atoms with Gasteiger partial charge in [-0.25, -0.2) is 0 Å². The highest BCUT2D eigenvalue weighted by atomic mass is 32.1. The van der Waals surface area contributed by atoms with Crippen molar-refractivity contribution in [3.8, 4) is 0 Å². The van der Waals surface area contributed by atoms with Crippen LogP contribution < -0.4 is 5.73 Å². The number of rotatable bonds is 1. The maximum absolute atomic E-state index is 11.0. The van der Waals surface area contributed by atoms with Gasteiger partial charge in [-0.3, -0.25) is 4.79 Å². The topological polar surface area (TPSA) is 43.1 Å². The average Bonchev–Trinajstić information content (AvgIpc) is 2.57. The van der Waals surface area contributed by atoms with Crippen LogP contribution in [0.3, 0.4) is 0 Å². The van der Waals surface area contributed by atoms with Gasteiger partial charge in [0.1, 0.15) is 0 Å². The second-order valence-electron chi connectivity index (χ2n) is 3.42. The predicted octanol–water partition coefficient (Wildman–Crippen LogP) is 2.62. The molecule has 0 unspecified atom stereocenters. The Morgan fingerprint density at radius 1 is 1.29 bits per heavy atom. The van der Waals surface area contributed by atoms with Crippen LogP contribution >= 0.6 is 11.3 Å². The van der Waals surface area contributed by atoms with Gasteiger partial charge in [0.15, 0.2) is 0 Å². The molecular formula is C11H11NOS. The fraction of sp³-hybridized carbons (Fsp3) is 0.182. The van der Waals surface area contributed by atoms with Gasteiger partial charge in [-0.05, 0) is 36.4 Å². The van der Waals surface area contributed by atoms with Gasteiger partial charge < -0.3 is 5.73 Å². The maximum atomic E-state index is 11.0. The van der Waals surface area contributed by atoms with Crippen molar-refractivity contribution in [3.63, 3.8) is 0 Å². The summed E-state index contributed by atoms with van der Waals surface area (Å²) in [7, 11) is 0. The quantitative estimate of drug-likeness (QED) is 0.764. The van der Waals surface area contributed by atoms with E-state index in [0.29, 0.717) is 4.88 Å². The highest BCUT2D eigenvalue weighted by Crippen LogP contribution is 2.30. The van der Waals surface area contributed by atoms with Crippen molar-refractivity contribution in [1.82, 2.24) is 0 Å². The van der Waals surface area contributed by atoms with Crippen LogP contribution in [0.1, 0.15) is 20.8 Å². The summed E-state index contributed by atoms with van der Waals surface area (Å²) in [6, 6.07) is 6.01. The van der Waals surface area contributed by atoms with Crippen molar-refractivity contribution >= 4 is 27.3 Å². The molecule has 1 aromatic carbocycles. The largest absolute Gasteiger partial charge is 0.365 e. The number of hydrogen-bond acceptors (Lipinski definition) is 2. The van der Waals surface area contributed by atoms with Crippen LogP contribution in [0.2, 0.25) is 0 Å². The molecule has 3 heteroatoms. The standard InChI is InChI=1S/C11H11NOS/c1-6-3-4-7(2)10-8(6)5-9(14-10)11(12)13/h3-5H,1-2H3,(H2,12,13). The highest BCUT2D eigenvalue weighted by molar-refractivity contribution is 7.21. The fourth-order valence-corrected chi connectivity index (χ4v) is 2.57. The molecule has 0 radical (unpaired) electrons. The second-order valence-corrected chi connectivity index (χ2v) is 4.47. The third-order valence-electron chi connectivity index (χ3n) is 2.34. The van der Waals surface area contributed by atoms with Gasteiger partial charge in [-0.1, -0.05) is 12.1 Å². The van der Waals surface area contributed by atoms with Crippen molar-refractivity contribution in [2.24, 2.45) is 5.73 Å². The third-order valence-corrected chi connectivity index (χ3v) is 3.63. The van der Waals surface area contributed by atoms with Gasteiger partial charge in [-0.2, -0.15) is 0 Å². The summed E-state index contributed by atoms with van der Waals surface area (Å²) < 4.78 is 1.17. The maximum Gasteiger partial charge on any atom is 0.258 e. The molecular weight excluding hydrogens is 194 g/mol. The van der Waals surface area contributed by atoms with E-state index in [2.05, 4.69) is 12.1 Å². The van der Waals surface area contributed by atoms with E-state index in [1.807, 2.05) is 19.9 Å². The van der Waals surface area contributed by atoms with Crippen LogP contribution in [0, 0.1) is 13.8 Å². The van der Waals surface area contributed by atoms with Crippen LogP contribution in [0.5, 0.6) is 0 Å². The summed E-state index contributed by atoms with van der Waals surface area (Å²) in [5, 5.41) is 1.14. The number of primary amides is 1. The molecule has 0 bridgehead atoms. The lowest BCUT2D eigenvalue weighted by atomic mass is 10.1. The highest BCUT2D eigenvalue weighted by Gasteiger charge is 2.09. The van der Waals surface area contributed by atoms with E-state index in [1.165, 1.54) is 27.2 Å². The van der Waals surface area contributed by atoms with Crippen molar-refractivity contribution in [2.45, 2.75) is 13.8 Å². The number of carbonyl (C=O) groups is 1. The van der Waals surface area contributed by atoms with E-state index < -0.39 is 0 Å². The monoisotopic (exact) mass is 205 g/mol. The molecule has 0 spiro atoms. The molecule has 2 rings (SSSR count). The minimum absolute atomic E-state index is 0.343. The first-order chi connectivity index (χ1) is 6.59. The van der Waals surface area contributed by atoms with Gasteiger partial charge >= 0.3 is 0 Å². The SMILES string of the molecule is Cc1ccc(C)c2sc(C(N)=O)cc12. The molecule has 0 saturated carbocycles. The summed E-state index contributed by atoms with van der Waals surface area (Å²) in [5.74, 6) is -0.343. The molecule has 1 heterocycles. The molecule has 0 aliphatic carbocycles. The van der Waals surface area contributed by atoms with E-state index >= 15 is 0 Å². The van der Waals surface area contributed by atoms with Gasteiger partial charge in [0.05, 0.1) is 4.88 Å². The van der Waals surface area contributed by atoms with E-state index in [1.54, 1.807) is 0 Å². The molecule has 2 aromatic rings. The Kier molecular flexibility index (Phi) is 2.04. The zero-order valence-corrected chi connectivity index (χ0v) is 8.94. The Bertz CT molecular complexity index is 474. The minimum Gasteiger partial charge on any atom is -0.365 e. The van der Waals surface area contributed by atoms with Crippen LogP contribution in [-0.4, -0.2) is 5.91 Å². The first-order valence-corrected chi connectivity index (χ1v) is 5.21. The van der Waals surface area contributed by atoms with E-state index in [0.717, 1.165) is 5.39 Å². The molecule has 0 atom stereocenters. The number of nitrogens with two attached hydrogens (primary N) is 1. The number of aryl methyl sites for hydroxylation is 2. The van der Waals surface area contributed by atoms with Crippen molar-refractivity contribution < 1.29 is 4.79 Å². The number of thiophene rings is 1. The molecule has 14 heavy (non-hydrogen) atoms. The normalized spacial score (nSPS) is 10.7. The summed E-state index contributed by atoms with van der Waals surface area (Å²) in [6.45, 7) is 4.09. The van der Waals surface area contributed by atoms with Gasteiger partial charge in [0, 0.05) is 4.70 Å². The Morgan fingerprint density at radius 2 is 1.93 bits per heavy atom. The van der Waals surface area contributed by atoms with E-state index in [9.17, 15) is 4.79 Å². The van der Waals surface area contributed by atoms with Gasteiger partial charge in [0.25, 0.3) is 5.91 Å².